The van der Waals surface area contributed by atoms with Crippen molar-refractivity contribution < 1.29 is 14.3 Å². The summed E-state index contributed by atoms with van der Waals surface area (Å²) in [5.74, 6) is 0. The van der Waals surface area contributed by atoms with Crippen molar-refractivity contribution in [3.63, 3.8) is 0 Å². The molecule has 1 aliphatic heterocycles. The van der Waals surface area contributed by atoms with Gasteiger partial charge >= 0.3 is 0 Å². The van der Waals surface area contributed by atoms with E-state index in [-0.39, 0.29) is 5.41 Å². The lowest BCUT2D eigenvalue weighted by atomic mass is 9.91. The van der Waals surface area contributed by atoms with Crippen LogP contribution in [-0.2, 0) is 14.3 Å². The Kier molecular flexibility index (Phi) is 2.62. The molecule has 11 heavy (non-hydrogen) atoms. The Balaban J connectivity index is 2.45. The van der Waals surface area contributed by atoms with Crippen LogP contribution in [0.15, 0.2) is 0 Å². The molecule has 1 saturated heterocycles. The number of ether oxygens (including phenoxy) is 2. The summed E-state index contributed by atoms with van der Waals surface area (Å²) < 4.78 is 10.3. The van der Waals surface area contributed by atoms with Crippen molar-refractivity contribution in [3.05, 3.63) is 0 Å². The molecule has 1 fully saturated rings. The zero-order valence-electron chi connectivity index (χ0n) is 7.00. The van der Waals surface area contributed by atoms with Crippen LogP contribution in [-0.4, -0.2) is 25.8 Å². The molecule has 0 N–H and O–H groups in total. The van der Waals surface area contributed by atoms with Crippen LogP contribution in [0, 0.1) is 5.41 Å². The third kappa shape index (κ3) is 2.60. The summed E-state index contributed by atoms with van der Waals surface area (Å²) in [4.78, 5) is 10.3. The summed E-state index contributed by atoms with van der Waals surface area (Å²) in [5, 5.41) is 0. The third-order valence-electron chi connectivity index (χ3n) is 1.81. The number of rotatable bonds is 1. The Morgan fingerprint density at radius 3 is 2.82 bits per heavy atom. The summed E-state index contributed by atoms with van der Waals surface area (Å²) in [7, 11) is 0. The third-order valence-corrected chi connectivity index (χ3v) is 1.81. The fraction of sp³-hybridized carbons (Fsp3) is 0.875. The summed E-state index contributed by atoms with van der Waals surface area (Å²) in [6.07, 6.45) is 0.996. The molecule has 0 aliphatic carbocycles. The lowest BCUT2D eigenvalue weighted by Crippen LogP contribution is -2.21. The topological polar surface area (TPSA) is 35.5 Å². The van der Waals surface area contributed by atoms with E-state index in [4.69, 9.17) is 9.47 Å². The zero-order chi connectivity index (χ0) is 8.32. The molecule has 1 unspecified atom stereocenters. The predicted molar refractivity (Wildman–Crippen MR) is 40.2 cm³/mol. The van der Waals surface area contributed by atoms with Crippen LogP contribution in [0.2, 0.25) is 0 Å². The second kappa shape index (κ2) is 3.32. The van der Waals surface area contributed by atoms with Gasteiger partial charge in [0.25, 0.3) is 0 Å². The van der Waals surface area contributed by atoms with Crippen molar-refractivity contribution in [2.24, 2.45) is 5.41 Å². The van der Waals surface area contributed by atoms with Gasteiger partial charge in [-0.15, -0.1) is 0 Å². The Morgan fingerprint density at radius 1 is 1.45 bits per heavy atom. The van der Waals surface area contributed by atoms with Gasteiger partial charge in [0.15, 0.2) is 6.29 Å². The number of hydrogen-bond donors (Lipinski definition) is 0. The van der Waals surface area contributed by atoms with E-state index in [1.165, 1.54) is 0 Å². The van der Waals surface area contributed by atoms with Gasteiger partial charge < -0.3 is 9.47 Å². The van der Waals surface area contributed by atoms with Crippen LogP contribution in [0.1, 0.15) is 20.3 Å². The van der Waals surface area contributed by atoms with E-state index in [2.05, 4.69) is 13.8 Å². The van der Waals surface area contributed by atoms with Gasteiger partial charge in [-0.3, -0.25) is 4.79 Å². The molecular weight excluding hydrogens is 144 g/mol. The first-order chi connectivity index (χ1) is 5.14. The van der Waals surface area contributed by atoms with Gasteiger partial charge in [0.1, 0.15) is 0 Å². The van der Waals surface area contributed by atoms with Gasteiger partial charge in [-0.25, -0.2) is 0 Å². The van der Waals surface area contributed by atoms with E-state index in [1.54, 1.807) is 0 Å². The average molecular weight is 158 g/mol. The van der Waals surface area contributed by atoms with Crippen molar-refractivity contribution >= 4 is 6.29 Å². The van der Waals surface area contributed by atoms with Crippen molar-refractivity contribution in [2.75, 3.05) is 13.2 Å². The second-order valence-electron chi connectivity index (χ2n) is 3.60. The molecule has 64 valence electrons. The molecule has 3 heteroatoms. The van der Waals surface area contributed by atoms with E-state index in [1.807, 2.05) is 0 Å². The fourth-order valence-electron chi connectivity index (χ4n) is 0.958. The van der Waals surface area contributed by atoms with E-state index in [9.17, 15) is 4.79 Å². The monoisotopic (exact) mass is 158 g/mol. The first-order valence-corrected chi connectivity index (χ1v) is 3.82. The van der Waals surface area contributed by atoms with Crippen molar-refractivity contribution in [2.45, 2.75) is 26.6 Å². The molecule has 0 aromatic heterocycles. The molecule has 0 aromatic rings. The summed E-state index contributed by atoms with van der Waals surface area (Å²) in [5.41, 5.74) is 0.137. The van der Waals surface area contributed by atoms with Gasteiger partial charge in [-0.2, -0.15) is 0 Å². The van der Waals surface area contributed by atoms with E-state index >= 15 is 0 Å². The SMILES string of the molecule is CC1(C)CCOC(C=O)OC1. The highest BCUT2D eigenvalue weighted by Crippen LogP contribution is 2.23. The molecule has 0 bridgehead atoms. The smallest absolute Gasteiger partial charge is 0.214 e. The summed E-state index contributed by atoms with van der Waals surface area (Å²) in [6, 6.07) is 0. The van der Waals surface area contributed by atoms with E-state index < -0.39 is 6.29 Å². The molecular formula is C8H14O3. The Morgan fingerprint density at radius 2 is 2.18 bits per heavy atom. The maximum atomic E-state index is 10.3. The van der Waals surface area contributed by atoms with Gasteiger partial charge in [0, 0.05) is 0 Å². The fourth-order valence-corrected chi connectivity index (χ4v) is 0.958. The Hall–Kier alpha value is -0.410. The minimum atomic E-state index is -0.642. The minimum Gasteiger partial charge on any atom is -0.346 e. The van der Waals surface area contributed by atoms with Gasteiger partial charge in [0.2, 0.25) is 6.29 Å². The van der Waals surface area contributed by atoms with Crippen molar-refractivity contribution in [3.8, 4) is 0 Å². The number of carbonyl (C=O) groups excluding carboxylic acids is 1. The largest absolute Gasteiger partial charge is 0.346 e. The minimum absolute atomic E-state index is 0.137. The van der Waals surface area contributed by atoms with Crippen LogP contribution >= 0.6 is 0 Å². The molecule has 3 nitrogen and oxygen atoms in total. The van der Waals surface area contributed by atoms with Crippen LogP contribution < -0.4 is 0 Å². The maximum Gasteiger partial charge on any atom is 0.214 e. The number of aldehydes is 1. The lowest BCUT2D eigenvalue weighted by molar-refractivity contribution is -0.153. The standard InChI is InChI=1S/C8H14O3/c1-8(2)3-4-10-7(5-9)11-6-8/h5,7H,3-4,6H2,1-2H3. The molecule has 0 saturated carbocycles. The zero-order valence-corrected chi connectivity index (χ0v) is 7.00. The van der Waals surface area contributed by atoms with Crippen molar-refractivity contribution in [1.82, 2.24) is 0 Å². The molecule has 0 aromatic carbocycles. The van der Waals surface area contributed by atoms with E-state index in [0.29, 0.717) is 19.5 Å². The lowest BCUT2D eigenvalue weighted by Gasteiger charge is -2.19. The summed E-state index contributed by atoms with van der Waals surface area (Å²) >= 11 is 0. The quantitative estimate of drug-likeness (QED) is 0.533. The molecule has 1 heterocycles. The first kappa shape index (κ1) is 8.68. The summed E-state index contributed by atoms with van der Waals surface area (Å²) in [6.45, 7) is 5.40. The van der Waals surface area contributed by atoms with Gasteiger partial charge in [-0.05, 0) is 11.8 Å². The molecule has 0 spiro atoms. The van der Waals surface area contributed by atoms with Crippen molar-refractivity contribution in [1.29, 1.82) is 0 Å². The van der Waals surface area contributed by atoms with Gasteiger partial charge in [-0.1, -0.05) is 13.8 Å². The maximum absolute atomic E-state index is 10.3. The van der Waals surface area contributed by atoms with Crippen LogP contribution in [0.3, 0.4) is 0 Å². The molecule has 0 radical (unpaired) electrons. The Bertz CT molecular complexity index is 142. The van der Waals surface area contributed by atoms with Crippen LogP contribution in [0.25, 0.3) is 0 Å². The van der Waals surface area contributed by atoms with E-state index in [0.717, 1.165) is 6.42 Å². The molecule has 1 atom stereocenters. The highest BCUT2D eigenvalue weighted by atomic mass is 16.7. The van der Waals surface area contributed by atoms with Gasteiger partial charge in [0.05, 0.1) is 13.2 Å². The normalized spacial score (nSPS) is 30.9. The number of carbonyl (C=O) groups is 1. The second-order valence-corrected chi connectivity index (χ2v) is 3.60. The highest BCUT2D eigenvalue weighted by Gasteiger charge is 2.24. The number of hydrogen-bond acceptors (Lipinski definition) is 3. The predicted octanol–water partition coefficient (Wildman–Crippen LogP) is 0.975. The van der Waals surface area contributed by atoms with Crippen LogP contribution in [0.4, 0.5) is 0 Å². The molecule has 1 rings (SSSR count). The molecule has 1 aliphatic rings. The Labute approximate surface area is 66.7 Å². The average Bonchev–Trinajstić information content (AvgIpc) is 2.10. The van der Waals surface area contributed by atoms with Crippen LogP contribution in [0.5, 0.6) is 0 Å². The first-order valence-electron chi connectivity index (χ1n) is 3.82. The molecule has 0 amide bonds. The highest BCUT2D eigenvalue weighted by molar-refractivity contribution is 5.53.